The molecule has 14 nitrogen and oxygen atoms in total. The fourth-order valence-electron chi connectivity index (χ4n) is 11.3. The second kappa shape index (κ2) is 23.3. The number of carbonyl (C=O) groups is 4. The quantitative estimate of drug-likeness (QED) is 0.142. The number of Topliss-reactive ketones (excluding diaryl/α,β-unsaturated/α-hetero) is 2. The topological polar surface area (TPSA) is 172 Å². The van der Waals surface area contributed by atoms with E-state index in [9.17, 15) is 29.4 Å². The number of amides is 1. The Balaban J connectivity index is 1.32. The average Bonchev–Trinajstić information content (AvgIpc) is 3.68. The van der Waals surface area contributed by atoms with Crippen molar-refractivity contribution in [2.75, 3.05) is 20.8 Å². The number of fused-ring (bicyclic) bond motifs is 4. The second-order valence-corrected chi connectivity index (χ2v) is 20.8. The molecular formula is C54H80N2O12. The lowest BCUT2D eigenvalue weighted by Gasteiger charge is -2.47. The summed E-state index contributed by atoms with van der Waals surface area (Å²) in [6.45, 7) is 15.4. The van der Waals surface area contributed by atoms with Crippen LogP contribution in [0.4, 0.5) is 0 Å². The maximum atomic E-state index is 14.6. The number of aryl methyl sites for hydroxylation is 1. The SMILES string of the molecule is CCC1/C=C(\C)CC(C)CC(OC)C2OC(O)(C(=O)C(=O)N3CCCCC3C(=O)OC(C(C)=CC3CCC(Oc4ccc5c(ccn5C)c4)C(OC(C)C)C3)C(C)C(O)CC1=O)C(C)CC2OC. The summed E-state index contributed by atoms with van der Waals surface area (Å²) in [5.74, 6) is -6.72. The lowest BCUT2D eigenvalue weighted by Crippen LogP contribution is -2.64. The van der Waals surface area contributed by atoms with Crippen LogP contribution in [0, 0.1) is 29.6 Å². The molecule has 378 valence electrons. The van der Waals surface area contributed by atoms with E-state index in [1.165, 1.54) is 4.90 Å². The fourth-order valence-corrected chi connectivity index (χ4v) is 11.3. The van der Waals surface area contributed by atoms with Crippen LogP contribution in [-0.2, 0) is 49.9 Å². The van der Waals surface area contributed by atoms with Gasteiger partial charge in [0.05, 0.1) is 30.5 Å². The lowest BCUT2D eigenvalue weighted by atomic mass is 9.81. The van der Waals surface area contributed by atoms with Crippen molar-refractivity contribution >= 4 is 34.3 Å². The molecule has 2 bridgehead atoms. The minimum Gasteiger partial charge on any atom is -0.488 e. The Kier molecular flexibility index (Phi) is 18.3. The number of nitrogens with zero attached hydrogens (tertiary/aromatic N) is 2. The van der Waals surface area contributed by atoms with Crippen LogP contribution in [0.1, 0.15) is 126 Å². The highest BCUT2D eigenvalue weighted by molar-refractivity contribution is 6.39. The van der Waals surface area contributed by atoms with Crippen LogP contribution in [0.2, 0.25) is 0 Å². The molecule has 2 N–H and O–H groups in total. The number of ether oxygens (including phenoxy) is 6. The first-order chi connectivity index (χ1) is 32.3. The largest absolute Gasteiger partial charge is 0.488 e. The van der Waals surface area contributed by atoms with Crippen LogP contribution in [0.5, 0.6) is 5.75 Å². The Morgan fingerprint density at radius 3 is 2.35 bits per heavy atom. The van der Waals surface area contributed by atoms with E-state index in [1.807, 2.05) is 60.0 Å². The highest BCUT2D eigenvalue weighted by Gasteiger charge is 2.56. The lowest BCUT2D eigenvalue weighted by molar-refractivity contribution is -0.302. The Morgan fingerprint density at radius 2 is 1.66 bits per heavy atom. The van der Waals surface area contributed by atoms with Gasteiger partial charge in [-0.05, 0) is 134 Å². The number of rotatable bonds is 9. The van der Waals surface area contributed by atoms with Gasteiger partial charge in [-0.25, -0.2) is 4.79 Å². The summed E-state index contributed by atoms with van der Waals surface area (Å²) in [5, 5.41) is 25.2. The van der Waals surface area contributed by atoms with Crippen molar-refractivity contribution in [3.8, 4) is 5.75 Å². The fraction of sp³-hybridized carbons (Fsp3) is 0.704. The number of carbonyl (C=O) groups excluding carboxylic acids is 4. The van der Waals surface area contributed by atoms with E-state index in [0.717, 1.165) is 28.6 Å². The maximum Gasteiger partial charge on any atom is 0.329 e. The van der Waals surface area contributed by atoms with Gasteiger partial charge in [0.2, 0.25) is 5.79 Å². The third kappa shape index (κ3) is 12.3. The summed E-state index contributed by atoms with van der Waals surface area (Å²) in [4.78, 5) is 58.7. The van der Waals surface area contributed by atoms with E-state index in [0.29, 0.717) is 50.5 Å². The van der Waals surface area contributed by atoms with Gasteiger partial charge in [0.1, 0.15) is 35.9 Å². The Morgan fingerprint density at radius 1 is 0.941 bits per heavy atom. The van der Waals surface area contributed by atoms with Crippen LogP contribution in [0.15, 0.2) is 53.8 Å². The first kappa shape index (κ1) is 53.4. The zero-order valence-electron chi connectivity index (χ0n) is 42.5. The minimum absolute atomic E-state index is 0.00726. The van der Waals surface area contributed by atoms with Crippen molar-refractivity contribution in [1.29, 1.82) is 0 Å². The van der Waals surface area contributed by atoms with Crippen molar-refractivity contribution in [2.24, 2.45) is 36.6 Å². The number of hydrogen-bond acceptors (Lipinski definition) is 12. The van der Waals surface area contributed by atoms with Gasteiger partial charge in [-0.2, -0.15) is 0 Å². The normalized spacial score (nSPS) is 36.4. The summed E-state index contributed by atoms with van der Waals surface area (Å²) in [6, 6.07) is 7.03. The van der Waals surface area contributed by atoms with E-state index >= 15 is 0 Å². The second-order valence-electron chi connectivity index (χ2n) is 20.8. The number of aliphatic hydroxyl groups is 2. The number of hydrogen-bond donors (Lipinski definition) is 2. The molecule has 1 saturated carbocycles. The zero-order valence-corrected chi connectivity index (χ0v) is 42.5. The van der Waals surface area contributed by atoms with Gasteiger partial charge in [0, 0.05) is 69.1 Å². The van der Waals surface area contributed by atoms with E-state index < -0.39 is 77.8 Å². The number of cyclic esters (lactones) is 1. The molecule has 68 heavy (non-hydrogen) atoms. The van der Waals surface area contributed by atoms with Crippen molar-refractivity contribution in [1.82, 2.24) is 9.47 Å². The van der Waals surface area contributed by atoms with Crippen molar-refractivity contribution in [2.45, 2.75) is 187 Å². The van der Waals surface area contributed by atoms with Crippen LogP contribution in [0.3, 0.4) is 0 Å². The number of benzene rings is 1. The number of esters is 1. The van der Waals surface area contributed by atoms with Crippen LogP contribution in [0.25, 0.3) is 10.9 Å². The van der Waals surface area contributed by atoms with Crippen molar-refractivity contribution in [3.63, 3.8) is 0 Å². The number of methoxy groups -OCH3 is 2. The number of aliphatic hydroxyl groups excluding tert-OH is 1. The Labute approximate surface area is 404 Å². The molecule has 0 radical (unpaired) electrons. The summed E-state index contributed by atoms with van der Waals surface area (Å²) in [7, 11) is 5.10. The zero-order chi connectivity index (χ0) is 49.6. The highest BCUT2D eigenvalue weighted by Crippen LogP contribution is 2.40. The van der Waals surface area contributed by atoms with Gasteiger partial charge in [-0.15, -0.1) is 0 Å². The molecule has 1 amide bonds. The van der Waals surface area contributed by atoms with Crippen LogP contribution >= 0.6 is 0 Å². The number of piperidine rings is 1. The number of aromatic nitrogens is 1. The summed E-state index contributed by atoms with van der Waals surface area (Å²) < 4.78 is 39.8. The maximum absolute atomic E-state index is 14.6. The van der Waals surface area contributed by atoms with Gasteiger partial charge >= 0.3 is 5.97 Å². The third-order valence-electron chi connectivity index (χ3n) is 15.2. The highest BCUT2D eigenvalue weighted by atomic mass is 16.7. The predicted octanol–water partition coefficient (Wildman–Crippen LogP) is 7.83. The van der Waals surface area contributed by atoms with Gasteiger partial charge in [-0.1, -0.05) is 45.4 Å². The van der Waals surface area contributed by atoms with E-state index in [2.05, 4.69) is 35.8 Å². The molecule has 14 heteroatoms. The monoisotopic (exact) mass is 949 g/mol. The molecule has 14 atom stereocenters. The number of allylic oxidation sites excluding steroid dienone is 3. The molecule has 2 aromatic rings. The Hall–Kier alpha value is -3.92. The van der Waals surface area contributed by atoms with Gasteiger partial charge in [0.15, 0.2) is 0 Å². The van der Waals surface area contributed by atoms with Gasteiger partial charge in [0.25, 0.3) is 11.7 Å². The smallest absolute Gasteiger partial charge is 0.329 e. The van der Waals surface area contributed by atoms with Crippen LogP contribution in [-0.4, -0.2) is 125 Å². The predicted molar refractivity (Wildman–Crippen MR) is 259 cm³/mol. The average molecular weight is 949 g/mol. The molecule has 1 aromatic heterocycles. The van der Waals surface area contributed by atoms with Gasteiger partial charge in [-0.3, -0.25) is 14.4 Å². The molecule has 4 heterocycles. The molecule has 1 aliphatic carbocycles. The Bertz CT molecular complexity index is 2130. The molecule has 6 rings (SSSR count). The first-order valence-corrected chi connectivity index (χ1v) is 25.2. The van der Waals surface area contributed by atoms with Crippen molar-refractivity contribution in [3.05, 3.63) is 53.8 Å². The molecule has 3 aliphatic heterocycles. The molecule has 14 unspecified atom stereocenters. The summed E-state index contributed by atoms with van der Waals surface area (Å²) >= 11 is 0. The van der Waals surface area contributed by atoms with Crippen molar-refractivity contribution < 1.29 is 57.8 Å². The summed E-state index contributed by atoms with van der Waals surface area (Å²) in [6.07, 6.45) is 6.60. The molecule has 1 aromatic carbocycles. The van der Waals surface area contributed by atoms with E-state index in [1.54, 1.807) is 28.1 Å². The van der Waals surface area contributed by atoms with E-state index in [-0.39, 0.29) is 61.7 Å². The summed E-state index contributed by atoms with van der Waals surface area (Å²) in [5.41, 5.74) is 2.82. The molecule has 3 fully saturated rings. The van der Waals surface area contributed by atoms with E-state index in [4.69, 9.17) is 28.4 Å². The van der Waals surface area contributed by atoms with Gasteiger partial charge < -0.3 is 48.1 Å². The third-order valence-corrected chi connectivity index (χ3v) is 15.2. The minimum atomic E-state index is -2.51. The number of ketones is 2. The first-order valence-electron chi connectivity index (χ1n) is 25.2. The molecule has 4 aliphatic rings. The standard InChI is InChI=1S/C54H80N2O12/c1-12-38-24-32(4)23-33(5)25-47(63-10)50-48(64-11)27-35(7)54(62,68-50)51(59)52(60)56-21-14-13-15-42(56)53(61)67-49(36(8)43(57)30-44(38)58)34(6)26-37-16-19-45(46(28-37)65-31(2)3)66-40-17-18-41-39(29-40)20-22-55(41)9/h17-18,20,22,24,26,29,31,33,35-38,42-43,45-50,57,62H,12-16,19,21,23,25,27-28,30H2,1-11H3/b32-24+,34-26?. The molecular weight excluding hydrogens is 869 g/mol. The van der Waals surface area contributed by atoms with Crippen LogP contribution < -0.4 is 4.74 Å². The molecule has 2 saturated heterocycles. The molecule has 0 spiro atoms.